The van der Waals surface area contributed by atoms with Crippen molar-refractivity contribution in [3.63, 3.8) is 0 Å². The molecule has 0 saturated carbocycles. The minimum absolute atomic E-state index is 0.118. The van der Waals surface area contributed by atoms with Crippen molar-refractivity contribution >= 4 is 12.0 Å². The number of amides is 2. The van der Waals surface area contributed by atoms with Crippen LogP contribution in [0.15, 0.2) is 54.9 Å². The number of halogens is 2. The number of esters is 1. The van der Waals surface area contributed by atoms with Gasteiger partial charge in [-0.05, 0) is 11.6 Å². The molecule has 2 atom stereocenters. The van der Waals surface area contributed by atoms with Crippen molar-refractivity contribution in [2.45, 2.75) is 24.9 Å². The zero-order chi connectivity index (χ0) is 22.7. The number of nitrogens with zero attached hydrogens (tertiary/aromatic N) is 2. The molecule has 32 heavy (non-hydrogen) atoms. The largest absolute Gasteiger partial charge is 0.467 e. The summed E-state index contributed by atoms with van der Waals surface area (Å²) in [7, 11) is 1.25. The Morgan fingerprint density at radius 2 is 2.03 bits per heavy atom. The molecule has 0 spiro atoms. The van der Waals surface area contributed by atoms with E-state index in [4.69, 9.17) is 4.74 Å². The van der Waals surface area contributed by atoms with Gasteiger partial charge < -0.3 is 19.9 Å². The zero-order valence-corrected chi connectivity index (χ0v) is 17.3. The average Bonchev–Trinajstić information content (AvgIpc) is 3.27. The van der Waals surface area contributed by atoms with Gasteiger partial charge in [0.1, 0.15) is 23.7 Å². The molecule has 4 rings (SSSR count). The van der Waals surface area contributed by atoms with E-state index < -0.39 is 35.7 Å². The molecule has 0 radical (unpaired) electrons. The van der Waals surface area contributed by atoms with E-state index in [-0.39, 0.29) is 18.5 Å². The number of benzene rings is 2. The number of aromatic amines is 1. The molecular formula is C23H22F2N4O3. The van der Waals surface area contributed by atoms with Crippen LogP contribution < -0.4 is 5.32 Å². The van der Waals surface area contributed by atoms with E-state index in [1.165, 1.54) is 24.4 Å². The van der Waals surface area contributed by atoms with Crippen molar-refractivity contribution in [3.8, 4) is 0 Å². The number of imidazole rings is 1. The second kappa shape index (κ2) is 9.17. The Balaban J connectivity index is 1.63. The molecule has 0 fully saturated rings. The van der Waals surface area contributed by atoms with Crippen LogP contribution in [0.3, 0.4) is 0 Å². The summed E-state index contributed by atoms with van der Waals surface area (Å²) in [5, 5.41) is 2.72. The normalized spacial score (nSPS) is 16.2. The summed E-state index contributed by atoms with van der Waals surface area (Å²) in [5.74, 6) is -2.09. The van der Waals surface area contributed by atoms with Gasteiger partial charge in [-0.25, -0.2) is 23.4 Å². The first kappa shape index (κ1) is 21.5. The van der Waals surface area contributed by atoms with Crippen LogP contribution in [0.2, 0.25) is 0 Å². The molecule has 1 aliphatic heterocycles. The number of hydrogen-bond donors (Lipinski definition) is 2. The maximum absolute atomic E-state index is 14.7. The van der Waals surface area contributed by atoms with Crippen LogP contribution in [0, 0.1) is 11.6 Å². The first-order chi connectivity index (χ1) is 15.5. The molecule has 0 saturated heterocycles. The van der Waals surface area contributed by atoms with E-state index in [0.29, 0.717) is 12.1 Å². The van der Waals surface area contributed by atoms with Crippen LogP contribution in [0.25, 0.3) is 0 Å². The number of methoxy groups -OCH3 is 1. The van der Waals surface area contributed by atoms with Crippen molar-refractivity contribution in [2.24, 2.45) is 0 Å². The number of rotatable bonds is 5. The van der Waals surface area contributed by atoms with E-state index >= 15 is 0 Å². The van der Waals surface area contributed by atoms with Gasteiger partial charge in [0.15, 0.2) is 0 Å². The van der Waals surface area contributed by atoms with Crippen molar-refractivity contribution in [2.75, 3.05) is 13.7 Å². The number of carbonyl (C=O) groups excluding carboxylic acids is 2. The highest BCUT2D eigenvalue weighted by Gasteiger charge is 2.37. The molecule has 9 heteroatoms. The summed E-state index contributed by atoms with van der Waals surface area (Å²) < 4.78 is 33.1. The van der Waals surface area contributed by atoms with E-state index in [2.05, 4.69) is 15.3 Å². The lowest BCUT2D eigenvalue weighted by Crippen LogP contribution is -2.52. The van der Waals surface area contributed by atoms with Crippen molar-refractivity contribution in [1.29, 1.82) is 0 Å². The van der Waals surface area contributed by atoms with Crippen LogP contribution in [0.1, 0.15) is 28.6 Å². The van der Waals surface area contributed by atoms with Gasteiger partial charge in [0.2, 0.25) is 0 Å². The number of fused-ring (bicyclic) bond motifs is 1. The van der Waals surface area contributed by atoms with E-state index in [0.717, 1.165) is 23.4 Å². The number of ether oxygens (including phenoxy) is 1. The molecule has 0 aliphatic carbocycles. The Labute approximate surface area is 183 Å². The standard InChI is InChI=1S/C23H22F2N4O3/c1-32-22(30)19(11-14-5-3-2-4-6-14)28-23(31)29-10-9-18-20(27-13-26-18)21(29)16-8-7-15(24)12-17(16)25/h2-8,12-13,19,21H,9-11H2,1H3,(H,26,27)(H,28,31)/t19-,21-/m0/s1. The lowest BCUT2D eigenvalue weighted by molar-refractivity contribution is -0.142. The number of hydrogen-bond acceptors (Lipinski definition) is 4. The molecule has 2 aromatic carbocycles. The summed E-state index contributed by atoms with van der Waals surface area (Å²) in [6.45, 7) is 0.252. The minimum atomic E-state index is -0.936. The topological polar surface area (TPSA) is 87.3 Å². The van der Waals surface area contributed by atoms with Gasteiger partial charge in [-0.3, -0.25) is 0 Å². The summed E-state index contributed by atoms with van der Waals surface area (Å²) >= 11 is 0. The predicted octanol–water partition coefficient (Wildman–Crippen LogP) is 3.13. The van der Waals surface area contributed by atoms with Crippen molar-refractivity contribution < 1.29 is 23.1 Å². The highest BCUT2D eigenvalue weighted by molar-refractivity contribution is 5.84. The van der Waals surface area contributed by atoms with Crippen LogP contribution >= 0.6 is 0 Å². The van der Waals surface area contributed by atoms with Crippen molar-refractivity contribution in [3.05, 3.63) is 89.0 Å². The highest BCUT2D eigenvalue weighted by Crippen LogP contribution is 2.35. The predicted molar refractivity (Wildman–Crippen MR) is 112 cm³/mol. The monoisotopic (exact) mass is 440 g/mol. The first-order valence-corrected chi connectivity index (χ1v) is 10.1. The Bertz CT molecular complexity index is 1120. The Hall–Kier alpha value is -3.75. The molecule has 2 amide bonds. The summed E-state index contributed by atoms with van der Waals surface area (Å²) in [4.78, 5) is 34.3. The molecule has 2 heterocycles. The SMILES string of the molecule is COC(=O)[C@H](Cc1ccccc1)NC(=O)N1CCc2[nH]cnc2[C@@H]1c1ccc(F)cc1F. The Kier molecular flexibility index (Phi) is 6.16. The molecule has 1 aromatic heterocycles. The fraction of sp³-hybridized carbons (Fsp3) is 0.261. The molecular weight excluding hydrogens is 418 g/mol. The number of nitrogens with one attached hydrogen (secondary N) is 2. The van der Waals surface area contributed by atoms with Gasteiger partial charge in [-0.15, -0.1) is 0 Å². The lowest BCUT2D eigenvalue weighted by Gasteiger charge is -2.36. The third-order valence-electron chi connectivity index (χ3n) is 5.51. The number of aromatic nitrogens is 2. The average molecular weight is 440 g/mol. The molecule has 1 aliphatic rings. The maximum atomic E-state index is 14.7. The fourth-order valence-electron chi connectivity index (χ4n) is 3.95. The van der Waals surface area contributed by atoms with Crippen LogP contribution in [0.5, 0.6) is 0 Å². The first-order valence-electron chi connectivity index (χ1n) is 10.1. The summed E-state index contributed by atoms with van der Waals surface area (Å²) in [5.41, 5.74) is 2.22. The van der Waals surface area contributed by atoms with Crippen molar-refractivity contribution in [1.82, 2.24) is 20.2 Å². The van der Waals surface area contributed by atoms with Gasteiger partial charge in [0.05, 0.1) is 19.1 Å². The van der Waals surface area contributed by atoms with Crippen LogP contribution in [0.4, 0.5) is 13.6 Å². The van der Waals surface area contributed by atoms with Crippen LogP contribution in [-0.2, 0) is 22.4 Å². The number of urea groups is 1. The lowest BCUT2D eigenvalue weighted by atomic mass is 9.95. The molecule has 0 bridgehead atoms. The van der Waals surface area contributed by atoms with E-state index in [1.54, 1.807) is 0 Å². The van der Waals surface area contributed by atoms with Gasteiger partial charge in [0, 0.05) is 36.7 Å². The molecule has 2 N–H and O–H groups in total. The van der Waals surface area contributed by atoms with Gasteiger partial charge in [-0.1, -0.05) is 36.4 Å². The quantitative estimate of drug-likeness (QED) is 0.597. The number of carbonyl (C=O) groups is 2. The third-order valence-corrected chi connectivity index (χ3v) is 5.51. The van der Waals surface area contributed by atoms with Crippen LogP contribution in [-0.4, -0.2) is 46.6 Å². The highest BCUT2D eigenvalue weighted by atomic mass is 19.1. The molecule has 7 nitrogen and oxygen atoms in total. The fourth-order valence-corrected chi connectivity index (χ4v) is 3.95. The summed E-state index contributed by atoms with van der Waals surface area (Å²) in [6.07, 6.45) is 2.19. The van der Waals surface area contributed by atoms with Gasteiger partial charge >= 0.3 is 12.0 Å². The second-order valence-electron chi connectivity index (χ2n) is 7.49. The molecule has 0 unspecified atom stereocenters. The Morgan fingerprint density at radius 1 is 1.25 bits per heavy atom. The third kappa shape index (κ3) is 4.32. The minimum Gasteiger partial charge on any atom is -0.467 e. The number of H-pyrrole nitrogens is 1. The van der Waals surface area contributed by atoms with Gasteiger partial charge in [-0.2, -0.15) is 0 Å². The van der Waals surface area contributed by atoms with E-state index in [1.807, 2.05) is 30.3 Å². The maximum Gasteiger partial charge on any atom is 0.328 e. The summed E-state index contributed by atoms with van der Waals surface area (Å²) in [6, 6.07) is 10.1. The Morgan fingerprint density at radius 3 is 2.75 bits per heavy atom. The zero-order valence-electron chi connectivity index (χ0n) is 17.3. The van der Waals surface area contributed by atoms with Gasteiger partial charge in [0.25, 0.3) is 0 Å². The smallest absolute Gasteiger partial charge is 0.328 e. The molecule has 3 aromatic rings. The van der Waals surface area contributed by atoms with E-state index in [9.17, 15) is 18.4 Å². The molecule has 166 valence electrons. The second-order valence-corrected chi connectivity index (χ2v) is 7.49.